The van der Waals surface area contributed by atoms with Gasteiger partial charge in [-0.15, -0.1) is 0 Å². The molecule has 7 nitrogen and oxygen atoms in total. The van der Waals surface area contributed by atoms with Crippen LogP contribution in [0.2, 0.25) is 5.02 Å². The van der Waals surface area contributed by atoms with Crippen LogP contribution in [0.5, 0.6) is 0 Å². The van der Waals surface area contributed by atoms with Crippen LogP contribution in [0.15, 0.2) is 36.7 Å². The normalized spacial score (nSPS) is 15.0. The topological polar surface area (TPSA) is 77.2 Å². The van der Waals surface area contributed by atoms with Crippen LogP contribution in [0, 0.1) is 0 Å². The Balaban J connectivity index is 1.38. The number of anilines is 2. The number of piperazine rings is 1. The molecule has 1 aliphatic rings. The van der Waals surface area contributed by atoms with Gasteiger partial charge in [0.2, 0.25) is 0 Å². The van der Waals surface area contributed by atoms with E-state index in [4.69, 9.17) is 11.6 Å². The van der Waals surface area contributed by atoms with Gasteiger partial charge in [-0.1, -0.05) is 11.6 Å². The largest absolute Gasteiger partial charge is 0.417 e. The second-order valence-electron chi connectivity index (χ2n) is 6.60. The number of nitrogens with one attached hydrogen (secondary N) is 2. The first-order valence-electron chi connectivity index (χ1n) is 8.78. The minimum Gasteiger partial charge on any atom is -0.352 e. The maximum atomic E-state index is 12.8. The van der Waals surface area contributed by atoms with E-state index in [0.29, 0.717) is 31.9 Å². The summed E-state index contributed by atoms with van der Waals surface area (Å²) in [7, 11) is 0. The lowest BCUT2D eigenvalue weighted by atomic mass is 10.2. The molecule has 2 aromatic heterocycles. The first kappa shape index (κ1) is 19.3. The van der Waals surface area contributed by atoms with Gasteiger partial charge in [0.25, 0.3) is 0 Å². The maximum absolute atomic E-state index is 12.8. The zero-order chi connectivity index (χ0) is 20.6. The number of H-pyrrole nitrogens is 1. The van der Waals surface area contributed by atoms with E-state index in [2.05, 4.69) is 20.5 Å². The van der Waals surface area contributed by atoms with Crippen LogP contribution in [0.25, 0.3) is 10.9 Å². The molecule has 11 heteroatoms. The van der Waals surface area contributed by atoms with Crippen molar-refractivity contribution in [2.45, 2.75) is 6.18 Å². The van der Waals surface area contributed by atoms with E-state index in [-0.39, 0.29) is 16.9 Å². The molecule has 0 unspecified atom stereocenters. The maximum Gasteiger partial charge on any atom is 0.417 e. The molecular weight excluding hydrogens is 409 g/mol. The van der Waals surface area contributed by atoms with Gasteiger partial charge in [0, 0.05) is 43.4 Å². The van der Waals surface area contributed by atoms with E-state index in [9.17, 15) is 18.0 Å². The van der Waals surface area contributed by atoms with Crippen molar-refractivity contribution in [2.75, 3.05) is 36.4 Å². The molecule has 0 atom stereocenters. The third-order valence-corrected chi connectivity index (χ3v) is 4.99. The van der Waals surface area contributed by atoms with Crippen molar-refractivity contribution in [3.05, 3.63) is 47.2 Å². The van der Waals surface area contributed by atoms with Gasteiger partial charge >= 0.3 is 12.2 Å². The molecule has 1 saturated heterocycles. The molecule has 2 amide bonds. The molecule has 0 saturated carbocycles. The fourth-order valence-corrected chi connectivity index (χ4v) is 3.45. The number of fused-ring (bicyclic) bond motifs is 1. The smallest absolute Gasteiger partial charge is 0.352 e. The van der Waals surface area contributed by atoms with Gasteiger partial charge in [-0.2, -0.15) is 18.3 Å². The lowest BCUT2D eigenvalue weighted by molar-refractivity contribution is -0.137. The monoisotopic (exact) mass is 424 g/mol. The summed E-state index contributed by atoms with van der Waals surface area (Å²) < 4.78 is 38.3. The van der Waals surface area contributed by atoms with Crippen LogP contribution in [-0.4, -0.2) is 52.3 Å². The zero-order valence-electron chi connectivity index (χ0n) is 15.0. The van der Waals surface area contributed by atoms with Crippen molar-refractivity contribution in [3.63, 3.8) is 0 Å². The Hall–Kier alpha value is -3.01. The number of pyridine rings is 1. The Bertz CT molecular complexity index is 1050. The van der Waals surface area contributed by atoms with Gasteiger partial charge in [0.05, 0.1) is 22.3 Å². The number of alkyl halides is 3. The van der Waals surface area contributed by atoms with Gasteiger partial charge in [0.15, 0.2) is 0 Å². The summed E-state index contributed by atoms with van der Waals surface area (Å²) in [4.78, 5) is 19.8. The van der Waals surface area contributed by atoms with E-state index >= 15 is 0 Å². The Morgan fingerprint density at radius 1 is 1.14 bits per heavy atom. The molecule has 0 aliphatic carbocycles. The zero-order valence-corrected chi connectivity index (χ0v) is 15.8. The van der Waals surface area contributed by atoms with Crippen molar-refractivity contribution >= 4 is 40.0 Å². The molecule has 0 spiro atoms. The Morgan fingerprint density at radius 3 is 2.59 bits per heavy atom. The van der Waals surface area contributed by atoms with Crippen molar-refractivity contribution in [1.29, 1.82) is 0 Å². The Morgan fingerprint density at radius 2 is 1.90 bits per heavy atom. The summed E-state index contributed by atoms with van der Waals surface area (Å²) in [6.07, 6.45) is -2.05. The highest BCUT2D eigenvalue weighted by Crippen LogP contribution is 2.33. The predicted molar refractivity (Wildman–Crippen MR) is 103 cm³/mol. The number of carbonyl (C=O) groups excluding carboxylic acids is 1. The quantitative estimate of drug-likeness (QED) is 0.652. The van der Waals surface area contributed by atoms with Crippen molar-refractivity contribution < 1.29 is 18.0 Å². The molecule has 0 radical (unpaired) electrons. The Kier molecular flexibility index (Phi) is 4.95. The van der Waals surface area contributed by atoms with E-state index in [1.165, 1.54) is 0 Å². The van der Waals surface area contributed by atoms with Crippen LogP contribution < -0.4 is 10.2 Å². The number of rotatable bonds is 2. The third kappa shape index (κ3) is 4.07. The summed E-state index contributed by atoms with van der Waals surface area (Å²) >= 11 is 6.01. The first-order chi connectivity index (χ1) is 13.8. The highest BCUT2D eigenvalue weighted by Gasteiger charge is 2.32. The summed E-state index contributed by atoms with van der Waals surface area (Å²) in [6, 6.07) is 6.04. The molecule has 1 aliphatic heterocycles. The summed E-state index contributed by atoms with van der Waals surface area (Å²) in [6.45, 7) is 1.59. The predicted octanol–water partition coefficient (Wildman–Crippen LogP) is 3.98. The van der Waals surface area contributed by atoms with Gasteiger partial charge in [0.1, 0.15) is 5.82 Å². The Labute approximate surface area is 168 Å². The number of aromatic amines is 1. The van der Waals surface area contributed by atoms with Crippen LogP contribution >= 0.6 is 11.6 Å². The molecular formula is C18H16ClF3N6O. The molecule has 3 heterocycles. The third-order valence-electron chi connectivity index (χ3n) is 4.71. The van der Waals surface area contributed by atoms with E-state index < -0.39 is 11.7 Å². The van der Waals surface area contributed by atoms with Crippen molar-refractivity contribution in [1.82, 2.24) is 20.1 Å². The number of nitrogens with zero attached hydrogens (tertiary/aromatic N) is 4. The molecule has 1 fully saturated rings. The molecule has 3 aromatic rings. The van der Waals surface area contributed by atoms with E-state index in [0.717, 1.165) is 23.2 Å². The molecule has 29 heavy (non-hydrogen) atoms. The molecule has 1 aromatic carbocycles. The molecule has 2 N–H and O–H groups in total. The minimum absolute atomic E-state index is 0.0638. The van der Waals surface area contributed by atoms with Gasteiger partial charge in [-0.05, 0) is 24.3 Å². The first-order valence-corrected chi connectivity index (χ1v) is 9.16. The van der Waals surface area contributed by atoms with Crippen LogP contribution in [0.1, 0.15) is 5.56 Å². The lowest BCUT2D eigenvalue weighted by Crippen LogP contribution is -2.50. The number of urea groups is 1. The number of halogens is 4. The van der Waals surface area contributed by atoms with Gasteiger partial charge in [-0.25, -0.2) is 9.78 Å². The second kappa shape index (κ2) is 7.43. The lowest BCUT2D eigenvalue weighted by Gasteiger charge is -2.35. The number of aromatic nitrogens is 3. The molecule has 0 bridgehead atoms. The highest BCUT2D eigenvalue weighted by atomic mass is 35.5. The summed E-state index contributed by atoms with van der Waals surface area (Å²) in [5.74, 6) is 0.283. The number of amides is 2. The van der Waals surface area contributed by atoms with Crippen LogP contribution in [0.3, 0.4) is 0 Å². The fraction of sp³-hybridized carbons (Fsp3) is 0.278. The highest BCUT2D eigenvalue weighted by molar-refractivity contribution is 6.33. The fourth-order valence-electron chi connectivity index (χ4n) is 3.16. The van der Waals surface area contributed by atoms with E-state index in [1.807, 2.05) is 12.1 Å². The summed E-state index contributed by atoms with van der Waals surface area (Å²) in [5.41, 5.74) is 0.634. The SMILES string of the molecule is O=C(Nc1ccc2[nH]ncc2c1)N1CCN(c2ncc(C(F)(F)F)cc2Cl)CC1. The average molecular weight is 425 g/mol. The number of hydrogen-bond acceptors (Lipinski definition) is 4. The van der Waals surface area contributed by atoms with E-state index in [1.54, 1.807) is 22.1 Å². The number of benzene rings is 1. The van der Waals surface area contributed by atoms with Crippen LogP contribution in [0.4, 0.5) is 29.5 Å². The standard InChI is InChI=1S/C18H16ClF3N6O/c19-14-8-12(18(20,21)22)10-23-16(14)27-3-5-28(6-4-27)17(29)25-13-1-2-15-11(7-13)9-24-26-15/h1-2,7-10H,3-6H2,(H,24,26)(H,25,29). The van der Waals surface area contributed by atoms with Crippen LogP contribution in [-0.2, 0) is 6.18 Å². The second-order valence-corrected chi connectivity index (χ2v) is 7.01. The number of carbonyl (C=O) groups is 1. The molecule has 4 rings (SSSR count). The summed E-state index contributed by atoms with van der Waals surface area (Å²) in [5, 5.41) is 10.4. The van der Waals surface area contributed by atoms with Crippen molar-refractivity contribution in [2.24, 2.45) is 0 Å². The van der Waals surface area contributed by atoms with Gasteiger partial charge < -0.3 is 15.1 Å². The van der Waals surface area contributed by atoms with Crippen molar-refractivity contribution in [3.8, 4) is 0 Å². The van der Waals surface area contributed by atoms with Gasteiger partial charge in [-0.3, -0.25) is 5.10 Å². The molecule has 152 valence electrons. The average Bonchev–Trinajstić information content (AvgIpc) is 3.15. The number of hydrogen-bond donors (Lipinski definition) is 2. The minimum atomic E-state index is -4.49.